The second kappa shape index (κ2) is 8.26. The molecule has 0 radical (unpaired) electrons. The van der Waals surface area contributed by atoms with Gasteiger partial charge >= 0.3 is 12.1 Å². The van der Waals surface area contributed by atoms with Gasteiger partial charge in [0.25, 0.3) is 0 Å². The molecule has 0 fully saturated rings. The highest BCUT2D eigenvalue weighted by Gasteiger charge is 2.10. The minimum atomic E-state index is -1.03. The van der Waals surface area contributed by atoms with Gasteiger partial charge in [-0.15, -0.1) is 5.10 Å². The van der Waals surface area contributed by atoms with Gasteiger partial charge in [0.15, 0.2) is 5.82 Å². The smallest absolute Gasteiger partial charge is 0.434 e. The fourth-order valence-electron chi connectivity index (χ4n) is 1.62. The fraction of sp³-hybridized carbons (Fsp3) is 0.250. The van der Waals surface area contributed by atoms with Gasteiger partial charge in [-0.3, -0.25) is 0 Å². The van der Waals surface area contributed by atoms with E-state index in [1.54, 1.807) is 18.2 Å². The number of esters is 1. The standard InChI is InChI=1S/C16H16ClN3O4/c1-11(2)9-23-16(22)24-14(21)6-7-20-10-18-15(19-20)12-4-3-5-13(17)8-12/h3-8,10-11H,9H2,1-2H3. The molecule has 1 heterocycles. The van der Waals surface area contributed by atoms with Crippen LogP contribution >= 0.6 is 11.6 Å². The summed E-state index contributed by atoms with van der Waals surface area (Å²) in [5, 5.41) is 4.74. The lowest BCUT2D eigenvalue weighted by molar-refractivity contribution is -0.134. The van der Waals surface area contributed by atoms with Crippen molar-refractivity contribution in [2.45, 2.75) is 13.8 Å². The number of carbonyl (C=O) groups is 2. The lowest BCUT2D eigenvalue weighted by Gasteiger charge is -2.05. The van der Waals surface area contributed by atoms with Crippen LogP contribution in [0, 0.1) is 5.92 Å². The van der Waals surface area contributed by atoms with Gasteiger partial charge in [0.2, 0.25) is 0 Å². The second-order valence-corrected chi connectivity index (χ2v) is 5.69. The van der Waals surface area contributed by atoms with Crippen molar-refractivity contribution < 1.29 is 19.1 Å². The van der Waals surface area contributed by atoms with Crippen molar-refractivity contribution in [1.82, 2.24) is 14.8 Å². The average Bonchev–Trinajstić information content (AvgIpc) is 3.00. The van der Waals surface area contributed by atoms with Crippen LogP contribution in [-0.2, 0) is 14.3 Å². The Morgan fingerprint density at radius 2 is 2.17 bits per heavy atom. The molecule has 126 valence electrons. The quantitative estimate of drug-likeness (QED) is 0.467. The van der Waals surface area contributed by atoms with E-state index < -0.39 is 12.1 Å². The van der Waals surface area contributed by atoms with Gasteiger partial charge in [-0.1, -0.05) is 37.6 Å². The molecule has 24 heavy (non-hydrogen) atoms. The van der Waals surface area contributed by atoms with Gasteiger partial charge < -0.3 is 9.47 Å². The molecule has 0 unspecified atom stereocenters. The minimum absolute atomic E-state index is 0.156. The molecule has 1 aromatic carbocycles. The molecule has 0 atom stereocenters. The van der Waals surface area contributed by atoms with Crippen molar-refractivity contribution in [2.75, 3.05) is 6.61 Å². The molecule has 0 bridgehead atoms. The Labute approximate surface area is 143 Å². The molecule has 0 saturated carbocycles. The first-order valence-electron chi connectivity index (χ1n) is 7.18. The maximum Gasteiger partial charge on any atom is 0.516 e. The molecule has 0 spiro atoms. The van der Waals surface area contributed by atoms with Crippen LogP contribution in [0.3, 0.4) is 0 Å². The number of carbonyl (C=O) groups excluding carboxylic acids is 2. The van der Waals surface area contributed by atoms with Gasteiger partial charge in [-0.2, -0.15) is 0 Å². The molecule has 2 rings (SSSR count). The number of hydrogen-bond acceptors (Lipinski definition) is 6. The summed E-state index contributed by atoms with van der Waals surface area (Å²) in [5.41, 5.74) is 0.745. The molecule has 1 aromatic heterocycles. The van der Waals surface area contributed by atoms with Crippen LogP contribution in [0.4, 0.5) is 4.79 Å². The van der Waals surface area contributed by atoms with Crippen molar-refractivity contribution in [1.29, 1.82) is 0 Å². The van der Waals surface area contributed by atoms with Crippen molar-refractivity contribution in [3.05, 3.63) is 41.7 Å². The summed E-state index contributed by atoms with van der Waals surface area (Å²) in [5.74, 6) is -0.251. The maximum absolute atomic E-state index is 11.5. The highest BCUT2D eigenvalue weighted by molar-refractivity contribution is 6.30. The van der Waals surface area contributed by atoms with E-state index in [1.807, 2.05) is 19.9 Å². The molecule has 0 aliphatic carbocycles. The van der Waals surface area contributed by atoms with E-state index in [9.17, 15) is 9.59 Å². The first-order chi connectivity index (χ1) is 11.4. The summed E-state index contributed by atoms with van der Waals surface area (Å²) >= 11 is 5.92. The SMILES string of the molecule is CC(C)COC(=O)OC(=O)C=Cn1cnc(-c2cccc(Cl)c2)n1. The summed E-state index contributed by atoms with van der Waals surface area (Å²) in [6, 6.07) is 7.07. The molecular weight excluding hydrogens is 334 g/mol. The van der Waals surface area contributed by atoms with Crippen LogP contribution in [0.5, 0.6) is 0 Å². The Morgan fingerprint density at radius 1 is 1.38 bits per heavy atom. The summed E-state index contributed by atoms with van der Waals surface area (Å²) < 4.78 is 10.5. The van der Waals surface area contributed by atoms with Crippen LogP contribution in [-0.4, -0.2) is 33.5 Å². The maximum atomic E-state index is 11.5. The molecule has 2 aromatic rings. The first kappa shape index (κ1) is 17.7. The molecule has 0 saturated heterocycles. The number of ether oxygens (including phenoxy) is 2. The van der Waals surface area contributed by atoms with Gasteiger partial charge in [0.1, 0.15) is 6.33 Å². The van der Waals surface area contributed by atoms with Gasteiger partial charge in [0, 0.05) is 22.9 Å². The normalized spacial score (nSPS) is 11.0. The Kier molecular flexibility index (Phi) is 6.08. The number of aromatic nitrogens is 3. The summed E-state index contributed by atoms with van der Waals surface area (Å²) in [6.45, 7) is 3.93. The van der Waals surface area contributed by atoms with Crippen LogP contribution in [0.2, 0.25) is 5.02 Å². The third-order valence-corrected chi connectivity index (χ3v) is 2.91. The molecular formula is C16H16ClN3O4. The lowest BCUT2D eigenvalue weighted by atomic mass is 10.2. The fourth-order valence-corrected chi connectivity index (χ4v) is 1.81. The van der Waals surface area contributed by atoms with E-state index in [0.717, 1.165) is 11.6 Å². The lowest BCUT2D eigenvalue weighted by Crippen LogP contribution is -2.14. The monoisotopic (exact) mass is 349 g/mol. The van der Waals surface area contributed by atoms with Gasteiger partial charge in [-0.25, -0.2) is 19.3 Å². The van der Waals surface area contributed by atoms with Gasteiger partial charge in [0.05, 0.1) is 6.61 Å². The van der Waals surface area contributed by atoms with Gasteiger partial charge in [-0.05, 0) is 18.1 Å². The molecule has 0 aliphatic heterocycles. The van der Waals surface area contributed by atoms with Crippen molar-refractivity contribution in [2.24, 2.45) is 5.92 Å². The van der Waals surface area contributed by atoms with E-state index in [-0.39, 0.29) is 12.5 Å². The van der Waals surface area contributed by atoms with Crippen LogP contribution < -0.4 is 0 Å². The summed E-state index contributed by atoms with van der Waals surface area (Å²) in [6.07, 6.45) is 2.75. The Hall–Kier alpha value is -2.67. The van der Waals surface area contributed by atoms with Crippen molar-refractivity contribution in [3.63, 3.8) is 0 Å². The van der Waals surface area contributed by atoms with E-state index in [2.05, 4.69) is 14.8 Å². The number of halogens is 1. The third-order valence-electron chi connectivity index (χ3n) is 2.67. The molecule has 0 N–H and O–H groups in total. The zero-order valence-corrected chi connectivity index (χ0v) is 13.9. The van der Waals surface area contributed by atoms with E-state index in [4.69, 9.17) is 16.3 Å². The minimum Gasteiger partial charge on any atom is -0.434 e. The topological polar surface area (TPSA) is 83.3 Å². The Bertz CT molecular complexity index is 755. The van der Waals surface area contributed by atoms with E-state index in [0.29, 0.717) is 10.8 Å². The predicted molar refractivity (Wildman–Crippen MR) is 88.1 cm³/mol. The average molecular weight is 350 g/mol. The van der Waals surface area contributed by atoms with Crippen LogP contribution in [0.25, 0.3) is 17.6 Å². The zero-order valence-electron chi connectivity index (χ0n) is 13.2. The molecule has 7 nitrogen and oxygen atoms in total. The third kappa shape index (κ3) is 5.51. The molecule has 0 aliphatic rings. The van der Waals surface area contributed by atoms with Crippen LogP contribution in [0.15, 0.2) is 36.7 Å². The number of benzene rings is 1. The van der Waals surface area contributed by atoms with E-state index >= 15 is 0 Å². The van der Waals surface area contributed by atoms with Crippen molar-refractivity contribution in [3.8, 4) is 11.4 Å². The zero-order chi connectivity index (χ0) is 17.5. The summed E-state index contributed by atoms with van der Waals surface area (Å²) in [7, 11) is 0. The Morgan fingerprint density at radius 3 is 2.88 bits per heavy atom. The highest BCUT2D eigenvalue weighted by atomic mass is 35.5. The van der Waals surface area contributed by atoms with Crippen molar-refractivity contribution >= 4 is 29.9 Å². The molecule has 8 heteroatoms. The van der Waals surface area contributed by atoms with Crippen LogP contribution in [0.1, 0.15) is 13.8 Å². The first-order valence-corrected chi connectivity index (χ1v) is 7.55. The van der Waals surface area contributed by atoms with E-state index in [1.165, 1.54) is 17.2 Å². The number of nitrogens with zero attached hydrogens (tertiary/aromatic N) is 3. The predicted octanol–water partition coefficient (Wildman–Crippen LogP) is 3.41. The Balaban J connectivity index is 1.93. The largest absolute Gasteiger partial charge is 0.516 e. The summed E-state index contributed by atoms with van der Waals surface area (Å²) in [4.78, 5) is 26.9. The highest BCUT2D eigenvalue weighted by Crippen LogP contribution is 2.18. The number of rotatable bonds is 5. The number of hydrogen-bond donors (Lipinski definition) is 0. The molecule has 0 amide bonds. The second-order valence-electron chi connectivity index (χ2n) is 5.25.